The summed E-state index contributed by atoms with van der Waals surface area (Å²) in [4.78, 5) is 62.5. The largest absolute Gasteiger partial charge is 0.480 e. The van der Waals surface area contributed by atoms with Crippen LogP contribution in [-0.2, 0) is 32.0 Å². The van der Waals surface area contributed by atoms with Crippen LogP contribution >= 0.6 is 0 Å². The van der Waals surface area contributed by atoms with Crippen molar-refractivity contribution in [3.05, 3.63) is 36.4 Å². The van der Waals surface area contributed by atoms with Gasteiger partial charge in [-0.15, -0.1) is 0 Å². The number of carbonyl (C=O) groups excluding carboxylic acids is 3. The minimum Gasteiger partial charge on any atom is -0.480 e. The molecule has 0 fully saturated rings. The summed E-state index contributed by atoms with van der Waals surface area (Å²) in [6.07, 6.45) is 6.10. The van der Waals surface area contributed by atoms with Gasteiger partial charge >= 0.3 is 5.97 Å². The molecule has 2 rings (SSSR count). The summed E-state index contributed by atoms with van der Waals surface area (Å²) in [6, 6.07) is -4.10. The lowest BCUT2D eigenvalue weighted by Gasteiger charge is -2.25. The number of nitrogens with zero attached hydrogens (tertiary/aromatic N) is 2. The molecule has 8 N–H and O–H groups in total. The molecule has 13 nitrogen and oxygen atoms in total. The fourth-order valence-corrected chi connectivity index (χ4v) is 3.00. The van der Waals surface area contributed by atoms with E-state index in [0.717, 1.165) is 0 Å². The van der Waals surface area contributed by atoms with E-state index in [4.69, 9.17) is 5.73 Å². The van der Waals surface area contributed by atoms with Crippen molar-refractivity contribution in [3.8, 4) is 0 Å². The second-order valence-electron chi connectivity index (χ2n) is 8.03. The lowest BCUT2D eigenvalue weighted by atomic mass is 10.0. The third-order valence-corrected chi connectivity index (χ3v) is 4.92. The molecule has 0 saturated carbocycles. The molecule has 4 atom stereocenters. The van der Waals surface area contributed by atoms with E-state index >= 15 is 0 Å². The molecule has 0 aliphatic heterocycles. The van der Waals surface area contributed by atoms with Crippen molar-refractivity contribution in [2.75, 3.05) is 0 Å². The Bertz CT molecular complexity index is 928. The van der Waals surface area contributed by atoms with Crippen molar-refractivity contribution in [1.82, 2.24) is 35.9 Å². The molecule has 2 aromatic rings. The molecule has 0 aromatic carbocycles. The van der Waals surface area contributed by atoms with Crippen LogP contribution in [0.3, 0.4) is 0 Å². The van der Waals surface area contributed by atoms with E-state index in [0.29, 0.717) is 11.4 Å². The quantitative estimate of drug-likeness (QED) is 0.196. The summed E-state index contributed by atoms with van der Waals surface area (Å²) in [5.74, 6) is -3.32. The van der Waals surface area contributed by atoms with Gasteiger partial charge in [0.15, 0.2) is 0 Å². The van der Waals surface area contributed by atoms with Gasteiger partial charge in [0.1, 0.15) is 18.1 Å². The van der Waals surface area contributed by atoms with E-state index in [1.165, 1.54) is 25.8 Å². The average Bonchev–Trinajstić information content (AvgIpc) is 3.44. The van der Waals surface area contributed by atoms with Gasteiger partial charge in [-0.2, -0.15) is 0 Å². The Morgan fingerprint density at radius 1 is 0.909 bits per heavy atom. The minimum atomic E-state index is -1.23. The van der Waals surface area contributed by atoms with Crippen LogP contribution in [0.2, 0.25) is 0 Å². The van der Waals surface area contributed by atoms with Gasteiger partial charge in [0.05, 0.1) is 18.7 Å². The Morgan fingerprint density at radius 2 is 1.48 bits per heavy atom. The SMILES string of the molecule is CC(NC(=O)C(NC(=O)C(N)Cc1cnc[nH]1)C(C)C)C(=O)NC(Cc1cnc[nH]1)C(=O)O. The first kappa shape index (κ1) is 25.5. The average molecular weight is 463 g/mol. The zero-order valence-electron chi connectivity index (χ0n) is 18.7. The maximum atomic E-state index is 12.8. The maximum absolute atomic E-state index is 12.8. The molecule has 0 radical (unpaired) electrons. The number of aromatic nitrogens is 4. The Hall–Kier alpha value is -3.74. The van der Waals surface area contributed by atoms with E-state index in [2.05, 4.69) is 35.9 Å². The number of carbonyl (C=O) groups is 4. The van der Waals surface area contributed by atoms with Crippen molar-refractivity contribution in [2.24, 2.45) is 11.7 Å². The molecule has 0 aliphatic carbocycles. The van der Waals surface area contributed by atoms with E-state index in [1.54, 1.807) is 20.0 Å². The predicted octanol–water partition coefficient (Wildman–Crippen LogP) is -1.54. The molecule has 2 heterocycles. The lowest BCUT2D eigenvalue weighted by molar-refractivity contribution is -0.142. The predicted molar refractivity (Wildman–Crippen MR) is 116 cm³/mol. The third-order valence-electron chi connectivity index (χ3n) is 4.92. The van der Waals surface area contributed by atoms with Gasteiger partial charge in [-0.25, -0.2) is 14.8 Å². The second kappa shape index (κ2) is 11.8. The van der Waals surface area contributed by atoms with Crippen LogP contribution in [0.1, 0.15) is 32.2 Å². The van der Waals surface area contributed by atoms with Gasteiger partial charge in [-0.3, -0.25) is 14.4 Å². The molecule has 4 unspecified atom stereocenters. The highest BCUT2D eigenvalue weighted by Gasteiger charge is 2.30. The molecule has 33 heavy (non-hydrogen) atoms. The van der Waals surface area contributed by atoms with Crippen molar-refractivity contribution in [3.63, 3.8) is 0 Å². The Kier molecular flexibility index (Phi) is 9.09. The molecule has 3 amide bonds. The smallest absolute Gasteiger partial charge is 0.326 e. The standard InChI is InChI=1S/C20H30N8O5/c1-10(2)16(28-18(30)14(21)4-12-6-22-8-24-12)19(31)26-11(3)17(29)27-15(20(32)33)5-13-7-23-9-25-13/h6-11,14-16H,4-5,21H2,1-3H3,(H,22,24)(H,23,25)(H,26,31)(H,27,29)(H,28,30)(H,32,33). The van der Waals surface area contributed by atoms with Gasteiger partial charge < -0.3 is 36.8 Å². The van der Waals surface area contributed by atoms with Gasteiger partial charge in [-0.1, -0.05) is 13.8 Å². The van der Waals surface area contributed by atoms with Crippen LogP contribution < -0.4 is 21.7 Å². The number of hydrogen-bond donors (Lipinski definition) is 7. The summed E-state index contributed by atoms with van der Waals surface area (Å²) in [5.41, 5.74) is 7.14. The molecule has 0 aliphatic rings. The number of imidazole rings is 2. The normalized spacial score (nSPS) is 14.7. The summed E-state index contributed by atoms with van der Waals surface area (Å²) >= 11 is 0. The number of nitrogens with two attached hydrogens (primary N) is 1. The van der Waals surface area contributed by atoms with E-state index in [1.807, 2.05) is 0 Å². The van der Waals surface area contributed by atoms with Crippen molar-refractivity contribution in [1.29, 1.82) is 0 Å². The summed E-state index contributed by atoms with van der Waals surface area (Å²) in [7, 11) is 0. The molecule has 0 spiro atoms. The number of nitrogens with one attached hydrogen (secondary N) is 5. The van der Waals surface area contributed by atoms with E-state index < -0.39 is 47.9 Å². The third kappa shape index (κ3) is 7.71. The number of rotatable bonds is 12. The van der Waals surface area contributed by atoms with Crippen LogP contribution in [0.5, 0.6) is 0 Å². The topological polar surface area (TPSA) is 208 Å². The van der Waals surface area contributed by atoms with Crippen LogP contribution in [0.15, 0.2) is 25.0 Å². The van der Waals surface area contributed by atoms with Crippen molar-refractivity contribution in [2.45, 2.75) is 57.8 Å². The molecule has 180 valence electrons. The van der Waals surface area contributed by atoms with Crippen LogP contribution in [-0.4, -0.2) is 72.9 Å². The van der Waals surface area contributed by atoms with Crippen LogP contribution in [0.4, 0.5) is 0 Å². The van der Waals surface area contributed by atoms with Crippen LogP contribution in [0, 0.1) is 5.92 Å². The molecule has 0 saturated heterocycles. The van der Waals surface area contributed by atoms with E-state index in [9.17, 15) is 24.3 Å². The zero-order valence-corrected chi connectivity index (χ0v) is 18.7. The minimum absolute atomic E-state index is 0.000631. The molecule has 0 bridgehead atoms. The first-order valence-electron chi connectivity index (χ1n) is 10.4. The highest BCUT2D eigenvalue weighted by Crippen LogP contribution is 2.05. The Labute approximate surface area is 190 Å². The molecule has 2 aromatic heterocycles. The van der Waals surface area contributed by atoms with Gasteiger partial charge in [0.2, 0.25) is 17.7 Å². The number of carboxylic acids is 1. The van der Waals surface area contributed by atoms with Gasteiger partial charge in [0, 0.05) is 36.6 Å². The highest BCUT2D eigenvalue weighted by molar-refractivity contribution is 5.94. The van der Waals surface area contributed by atoms with Crippen LogP contribution in [0.25, 0.3) is 0 Å². The first-order chi connectivity index (χ1) is 15.6. The van der Waals surface area contributed by atoms with Crippen molar-refractivity contribution >= 4 is 23.7 Å². The second-order valence-corrected chi connectivity index (χ2v) is 8.03. The molecule has 13 heteroatoms. The summed E-state index contributed by atoms with van der Waals surface area (Å²) in [5, 5.41) is 16.9. The number of aromatic amines is 2. The fourth-order valence-electron chi connectivity index (χ4n) is 3.00. The lowest BCUT2D eigenvalue weighted by Crippen LogP contribution is -2.58. The van der Waals surface area contributed by atoms with Crippen molar-refractivity contribution < 1.29 is 24.3 Å². The fraction of sp³-hybridized carbons (Fsp3) is 0.500. The highest BCUT2D eigenvalue weighted by atomic mass is 16.4. The summed E-state index contributed by atoms with van der Waals surface area (Å²) < 4.78 is 0. The monoisotopic (exact) mass is 462 g/mol. The van der Waals surface area contributed by atoms with E-state index in [-0.39, 0.29) is 18.8 Å². The summed E-state index contributed by atoms with van der Waals surface area (Å²) in [6.45, 7) is 4.90. The molecular formula is C20H30N8O5. The number of aliphatic carboxylic acids is 1. The number of hydrogen-bond acceptors (Lipinski definition) is 7. The van der Waals surface area contributed by atoms with Gasteiger partial charge in [-0.05, 0) is 12.8 Å². The Morgan fingerprint density at radius 3 is 1.97 bits per heavy atom. The van der Waals surface area contributed by atoms with Gasteiger partial charge in [0.25, 0.3) is 0 Å². The first-order valence-corrected chi connectivity index (χ1v) is 10.4. The number of carboxylic acid groups (broad SMARTS) is 1. The number of H-pyrrole nitrogens is 2. The zero-order chi connectivity index (χ0) is 24.5. The number of amides is 3. The molecular weight excluding hydrogens is 432 g/mol. The Balaban J connectivity index is 1.93. The maximum Gasteiger partial charge on any atom is 0.326 e.